The molecule has 4 heteroatoms. The summed E-state index contributed by atoms with van der Waals surface area (Å²) < 4.78 is 10.9. The van der Waals surface area contributed by atoms with Gasteiger partial charge in [-0.1, -0.05) is 12.2 Å². The Balaban J connectivity index is 2.19. The minimum atomic E-state index is -0.892. The number of rotatable bonds is 0. The second kappa shape index (κ2) is 2.78. The van der Waals surface area contributed by atoms with Crippen molar-refractivity contribution in [3.63, 3.8) is 0 Å². The lowest BCUT2D eigenvalue weighted by atomic mass is 9.97. The van der Waals surface area contributed by atoms with Crippen LogP contribution in [-0.4, -0.2) is 40.4 Å². The molecular weight excluding hydrogens is 172 g/mol. The SMILES string of the molecule is CC1(C)O[C@@H]2[C@@H](O)[C@H](O)C=C[C@@H]2O1. The summed E-state index contributed by atoms with van der Waals surface area (Å²) in [7, 11) is 0. The molecule has 1 saturated heterocycles. The van der Waals surface area contributed by atoms with Gasteiger partial charge in [-0.2, -0.15) is 0 Å². The van der Waals surface area contributed by atoms with E-state index >= 15 is 0 Å². The number of ether oxygens (including phenoxy) is 2. The molecule has 13 heavy (non-hydrogen) atoms. The van der Waals surface area contributed by atoms with Crippen LogP contribution < -0.4 is 0 Å². The lowest BCUT2D eigenvalue weighted by Gasteiger charge is -2.27. The van der Waals surface area contributed by atoms with Gasteiger partial charge in [0, 0.05) is 0 Å². The van der Waals surface area contributed by atoms with Gasteiger partial charge in [-0.05, 0) is 13.8 Å². The van der Waals surface area contributed by atoms with Crippen LogP contribution in [0.3, 0.4) is 0 Å². The number of hydrogen-bond acceptors (Lipinski definition) is 4. The van der Waals surface area contributed by atoms with Crippen LogP contribution in [0.15, 0.2) is 12.2 Å². The van der Waals surface area contributed by atoms with E-state index in [1.807, 2.05) is 0 Å². The topological polar surface area (TPSA) is 58.9 Å². The quantitative estimate of drug-likeness (QED) is 0.514. The Kier molecular flexibility index (Phi) is 1.96. The molecule has 1 aliphatic carbocycles. The van der Waals surface area contributed by atoms with E-state index in [1.54, 1.807) is 19.9 Å². The van der Waals surface area contributed by atoms with E-state index in [0.29, 0.717) is 0 Å². The molecule has 0 aromatic heterocycles. The van der Waals surface area contributed by atoms with E-state index in [9.17, 15) is 10.2 Å². The highest BCUT2D eigenvalue weighted by Crippen LogP contribution is 2.33. The summed E-state index contributed by atoms with van der Waals surface area (Å²) >= 11 is 0. The van der Waals surface area contributed by atoms with Crippen LogP contribution in [0.1, 0.15) is 13.8 Å². The van der Waals surface area contributed by atoms with Gasteiger partial charge in [0.15, 0.2) is 5.79 Å². The van der Waals surface area contributed by atoms with Crippen molar-refractivity contribution in [2.45, 2.75) is 44.1 Å². The summed E-state index contributed by atoms with van der Waals surface area (Å²) in [4.78, 5) is 0. The third kappa shape index (κ3) is 1.50. The maximum atomic E-state index is 9.57. The average molecular weight is 186 g/mol. The highest BCUT2D eigenvalue weighted by atomic mass is 16.8. The van der Waals surface area contributed by atoms with Crippen molar-refractivity contribution >= 4 is 0 Å². The third-order valence-corrected chi connectivity index (χ3v) is 2.35. The Morgan fingerprint density at radius 2 is 1.85 bits per heavy atom. The van der Waals surface area contributed by atoms with Crippen molar-refractivity contribution in [1.29, 1.82) is 0 Å². The van der Waals surface area contributed by atoms with Gasteiger partial charge in [0.2, 0.25) is 0 Å². The summed E-state index contributed by atoms with van der Waals surface area (Å²) in [6, 6.07) is 0. The fourth-order valence-electron chi connectivity index (χ4n) is 1.76. The van der Waals surface area contributed by atoms with Crippen LogP contribution in [0.2, 0.25) is 0 Å². The number of aliphatic hydroxyl groups excluding tert-OH is 2. The lowest BCUT2D eigenvalue weighted by Crippen LogP contribution is -2.44. The first-order valence-corrected chi connectivity index (χ1v) is 4.40. The summed E-state index contributed by atoms with van der Waals surface area (Å²) in [6.45, 7) is 3.58. The van der Waals surface area contributed by atoms with Crippen LogP contribution >= 0.6 is 0 Å². The summed E-state index contributed by atoms with van der Waals surface area (Å²) in [5, 5.41) is 18.9. The van der Waals surface area contributed by atoms with E-state index in [2.05, 4.69) is 0 Å². The molecule has 0 radical (unpaired) electrons. The molecule has 4 nitrogen and oxygen atoms in total. The summed E-state index contributed by atoms with van der Waals surface area (Å²) in [6.07, 6.45) is 0.840. The summed E-state index contributed by atoms with van der Waals surface area (Å²) in [5.74, 6) is -0.676. The Labute approximate surface area is 76.8 Å². The molecule has 0 amide bonds. The Morgan fingerprint density at radius 1 is 1.15 bits per heavy atom. The van der Waals surface area contributed by atoms with E-state index in [1.165, 1.54) is 6.08 Å². The number of fused-ring (bicyclic) bond motifs is 1. The van der Waals surface area contributed by atoms with Crippen LogP contribution in [0.5, 0.6) is 0 Å². The van der Waals surface area contributed by atoms with E-state index < -0.39 is 24.1 Å². The minimum absolute atomic E-state index is 0.242. The Hall–Kier alpha value is -0.420. The zero-order valence-corrected chi connectivity index (χ0v) is 7.68. The monoisotopic (exact) mass is 186 g/mol. The largest absolute Gasteiger partial charge is 0.387 e. The smallest absolute Gasteiger partial charge is 0.164 e. The van der Waals surface area contributed by atoms with E-state index in [0.717, 1.165) is 0 Å². The fraction of sp³-hybridized carbons (Fsp3) is 0.778. The van der Waals surface area contributed by atoms with Crippen molar-refractivity contribution < 1.29 is 19.7 Å². The van der Waals surface area contributed by atoms with E-state index in [-0.39, 0.29) is 6.10 Å². The maximum absolute atomic E-state index is 9.57. The first kappa shape index (κ1) is 9.15. The maximum Gasteiger partial charge on any atom is 0.164 e. The predicted octanol–water partition coefficient (Wildman–Crippen LogP) is -0.202. The molecule has 0 unspecified atom stereocenters. The summed E-state index contributed by atoms with van der Waals surface area (Å²) in [5.41, 5.74) is 0. The first-order chi connectivity index (χ1) is 5.99. The van der Waals surface area contributed by atoms with E-state index in [4.69, 9.17) is 9.47 Å². The average Bonchev–Trinajstić information content (AvgIpc) is 2.34. The van der Waals surface area contributed by atoms with Crippen LogP contribution in [0, 0.1) is 0 Å². The minimum Gasteiger partial charge on any atom is -0.387 e. The molecular formula is C9H14O4. The Morgan fingerprint density at radius 3 is 2.54 bits per heavy atom. The molecule has 4 atom stereocenters. The molecule has 2 N–H and O–H groups in total. The molecule has 0 bridgehead atoms. The van der Waals surface area contributed by atoms with Crippen molar-refractivity contribution in [3.8, 4) is 0 Å². The first-order valence-electron chi connectivity index (χ1n) is 4.40. The van der Waals surface area contributed by atoms with Gasteiger partial charge in [-0.25, -0.2) is 0 Å². The molecule has 1 fully saturated rings. The van der Waals surface area contributed by atoms with Gasteiger partial charge in [-0.3, -0.25) is 0 Å². The standard InChI is InChI=1S/C9H14O4/c1-9(2)12-6-4-3-5(10)7(11)8(6)13-9/h3-8,10-11H,1-2H3/t5-,6+,7+,8+/m1/s1. The van der Waals surface area contributed by atoms with Crippen molar-refractivity contribution in [1.82, 2.24) is 0 Å². The van der Waals surface area contributed by atoms with Gasteiger partial charge in [0.1, 0.15) is 24.4 Å². The molecule has 0 spiro atoms. The zero-order valence-electron chi connectivity index (χ0n) is 7.68. The van der Waals surface area contributed by atoms with Gasteiger partial charge in [0.25, 0.3) is 0 Å². The molecule has 2 rings (SSSR count). The second-order valence-corrected chi connectivity index (χ2v) is 3.93. The highest BCUT2D eigenvalue weighted by molar-refractivity contribution is 5.11. The molecule has 74 valence electrons. The fourth-order valence-corrected chi connectivity index (χ4v) is 1.76. The zero-order chi connectivity index (χ0) is 9.64. The Bertz CT molecular complexity index is 236. The second-order valence-electron chi connectivity index (χ2n) is 3.93. The third-order valence-electron chi connectivity index (χ3n) is 2.35. The highest BCUT2D eigenvalue weighted by Gasteiger charge is 2.47. The molecule has 1 heterocycles. The molecule has 0 aromatic rings. The number of hydrogen-bond donors (Lipinski definition) is 2. The molecule has 2 aliphatic rings. The van der Waals surface area contributed by atoms with Crippen LogP contribution in [0.25, 0.3) is 0 Å². The van der Waals surface area contributed by atoms with Crippen LogP contribution in [0.4, 0.5) is 0 Å². The van der Waals surface area contributed by atoms with Crippen molar-refractivity contribution in [2.75, 3.05) is 0 Å². The normalized spacial score (nSPS) is 47.7. The van der Waals surface area contributed by atoms with Crippen molar-refractivity contribution in [3.05, 3.63) is 12.2 Å². The molecule has 1 aliphatic heterocycles. The van der Waals surface area contributed by atoms with Gasteiger partial charge >= 0.3 is 0 Å². The van der Waals surface area contributed by atoms with Gasteiger partial charge in [-0.15, -0.1) is 0 Å². The van der Waals surface area contributed by atoms with Gasteiger partial charge < -0.3 is 19.7 Å². The van der Waals surface area contributed by atoms with Crippen molar-refractivity contribution in [2.24, 2.45) is 0 Å². The number of aliphatic hydroxyl groups is 2. The molecule has 0 saturated carbocycles. The molecule has 0 aromatic carbocycles. The van der Waals surface area contributed by atoms with Crippen LogP contribution in [-0.2, 0) is 9.47 Å². The van der Waals surface area contributed by atoms with Gasteiger partial charge in [0.05, 0.1) is 0 Å². The lowest BCUT2D eigenvalue weighted by molar-refractivity contribution is -0.158. The predicted molar refractivity (Wildman–Crippen MR) is 45.0 cm³/mol.